The first kappa shape index (κ1) is 17.6. The van der Waals surface area contributed by atoms with Crippen molar-refractivity contribution in [2.75, 3.05) is 46.5 Å². The molecule has 0 spiro atoms. The van der Waals surface area contributed by atoms with Gasteiger partial charge in [0.05, 0.1) is 7.11 Å². The van der Waals surface area contributed by atoms with Gasteiger partial charge in [0.1, 0.15) is 19.0 Å². The van der Waals surface area contributed by atoms with Gasteiger partial charge in [-0.15, -0.1) is 0 Å². The summed E-state index contributed by atoms with van der Waals surface area (Å²) >= 11 is 0. The molecule has 0 aromatic heterocycles. The van der Waals surface area contributed by atoms with Crippen LogP contribution in [0, 0.1) is 11.8 Å². The van der Waals surface area contributed by atoms with Crippen molar-refractivity contribution in [3.05, 3.63) is 17.7 Å². The molecule has 0 unspecified atom stereocenters. The molecular weight excluding hydrogens is 340 g/mol. The summed E-state index contributed by atoms with van der Waals surface area (Å²) in [5.74, 6) is 4.37. The molecule has 4 aliphatic heterocycles. The van der Waals surface area contributed by atoms with Gasteiger partial charge < -0.3 is 14.2 Å². The fourth-order valence-electron chi connectivity index (χ4n) is 5.30. The normalized spacial score (nSPS) is 28.6. The highest BCUT2D eigenvalue weighted by molar-refractivity contribution is 5.51. The van der Waals surface area contributed by atoms with Gasteiger partial charge in [-0.1, -0.05) is 6.42 Å². The van der Waals surface area contributed by atoms with E-state index in [0.717, 1.165) is 41.7 Å². The molecule has 4 fully saturated rings. The summed E-state index contributed by atoms with van der Waals surface area (Å²) in [4.78, 5) is 5.47. The zero-order valence-corrected chi connectivity index (χ0v) is 16.5. The molecule has 0 N–H and O–H groups in total. The lowest BCUT2D eigenvalue weighted by molar-refractivity contribution is 0.0890. The lowest BCUT2D eigenvalue weighted by Crippen LogP contribution is -2.46. The maximum Gasteiger partial charge on any atom is 0.165 e. The second kappa shape index (κ2) is 7.51. The first-order chi connectivity index (χ1) is 13.3. The van der Waals surface area contributed by atoms with Crippen LogP contribution in [0.5, 0.6) is 17.2 Å². The molecule has 0 radical (unpaired) electrons. The molecule has 4 heterocycles. The Bertz CT molecular complexity index is 676. The molecule has 2 atom stereocenters. The van der Waals surface area contributed by atoms with Crippen LogP contribution in [0.25, 0.3) is 0 Å². The first-order valence-electron chi connectivity index (χ1n) is 10.7. The molecule has 1 aliphatic carbocycles. The van der Waals surface area contributed by atoms with Crippen molar-refractivity contribution in [2.45, 2.75) is 44.7 Å². The second-order valence-corrected chi connectivity index (χ2v) is 8.85. The zero-order chi connectivity index (χ0) is 18.2. The van der Waals surface area contributed by atoms with Crippen LogP contribution in [-0.2, 0) is 6.54 Å². The number of benzene rings is 1. The molecular formula is C22H32N2O3. The van der Waals surface area contributed by atoms with Crippen LogP contribution in [0.2, 0.25) is 0 Å². The van der Waals surface area contributed by atoms with Crippen molar-refractivity contribution < 1.29 is 14.2 Å². The fraction of sp³-hybridized carbons (Fsp3) is 0.727. The number of ether oxygens (including phenoxy) is 3. The van der Waals surface area contributed by atoms with Gasteiger partial charge >= 0.3 is 0 Å². The van der Waals surface area contributed by atoms with Gasteiger partial charge in [0, 0.05) is 50.4 Å². The van der Waals surface area contributed by atoms with Crippen molar-refractivity contribution in [1.82, 2.24) is 9.80 Å². The molecule has 1 saturated carbocycles. The Morgan fingerprint density at radius 2 is 1.81 bits per heavy atom. The molecule has 5 nitrogen and oxygen atoms in total. The minimum Gasteiger partial charge on any atom is -0.496 e. The number of hydrogen-bond donors (Lipinski definition) is 0. The molecule has 1 aromatic carbocycles. The minimum absolute atomic E-state index is 0.613. The lowest BCUT2D eigenvalue weighted by Gasteiger charge is -2.40. The van der Waals surface area contributed by atoms with E-state index in [1.807, 2.05) is 6.07 Å². The SMILES string of the molecule is COc1cc2c(cc1CN1C[C@@H]3CC[C@H](C1)N(CC1CCC1)C3)OCCO2. The molecule has 2 bridgehead atoms. The van der Waals surface area contributed by atoms with Crippen molar-refractivity contribution in [3.8, 4) is 17.2 Å². The molecule has 6 rings (SSSR count). The third-order valence-electron chi connectivity index (χ3n) is 6.96. The van der Waals surface area contributed by atoms with Crippen LogP contribution in [0.15, 0.2) is 12.1 Å². The zero-order valence-electron chi connectivity index (χ0n) is 16.5. The van der Waals surface area contributed by atoms with Crippen molar-refractivity contribution in [3.63, 3.8) is 0 Å². The number of methoxy groups -OCH3 is 1. The molecule has 1 aromatic rings. The molecule has 5 aliphatic rings. The van der Waals surface area contributed by atoms with Crippen LogP contribution in [-0.4, -0.2) is 62.3 Å². The number of rotatable bonds is 5. The average molecular weight is 373 g/mol. The molecule has 3 saturated heterocycles. The number of nitrogens with zero attached hydrogens (tertiary/aromatic N) is 2. The minimum atomic E-state index is 0.613. The van der Waals surface area contributed by atoms with E-state index in [0.29, 0.717) is 13.2 Å². The Labute approximate surface area is 162 Å². The fourth-order valence-corrected chi connectivity index (χ4v) is 5.30. The summed E-state index contributed by atoms with van der Waals surface area (Å²) in [5, 5.41) is 0. The van der Waals surface area contributed by atoms with Crippen molar-refractivity contribution >= 4 is 0 Å². The van der Waals surface area contributed by atoms with Gasteiger partial charge in [-0.25, -0.2) is 0 Å². The first-order valence-corrected chi connectivity index (χ1v) is 10.7. The number of fused-ring (bicyclic) bond motifs is 5. The highest BCUT2D eigenvalue weighted by Crippen LogP contribution is 2.38. The summed E-state index contributed by atoms with van der Waals surface area (Å²) < 4.78 is 17.2. The van der Waals surface area contributed by atoms with E-state index >= 15 is 0 Å². The van der Waals surface area contributed by atoms with E-state index in [-0.39, 0.29) is 0 Å². The topological polar surface area (TPSA) is 34.2 Å². The summed E-state index contributed by atoms with van der Waals surface area (Å²) in [6.45, 7) is 7.20. The van der Waals surface area contributed by atoms with Crippen molar-refractivity contribution in [2.24, 2.45) is 11.8 Å². The number of piperidine rings is 1. The molecule has 5 heteroatoms. The van der Waals surface area contributed by atoms with E-state index in [9.17, 15) is 0 Å². The summed E-state index contributed by atoms with van der Waals surface area (Å²) in [7, 11) is 1.75. The number of hydrogen-bond acceptors (Lipinski definition) is 5. The lowest BCUT2D eigenvalue weighted by atomic mass is 9.83. The standard InChI is InChI=1S/C22H32N2O3/c1-25-20-10-22-21(26-7-8-27-22)9-18(20)14-23-11-17-5-6-19(15-23)24(13-17)12-16-3-2-4-16/h9-10,16-17,19H,2-8,11-15H2,1H3/t17-,19+/m0/s1. The Hall–Kier alpha value is -1.46. The summed E-state index contributed by atoms with van der Waals surface area (Å²) in [6, 6.07) is 4.86. The van der Waals surface area contributed by atoms with Gasteiger partial charge in [-0.2, -0.15) is 0 Å². The summed E-state index contributed by atoms with van der Waals surface area (Å²) in [6.07, 6.45) is 7.10. The van der Waals surface area contributed by atoms with Gasteiger partial charge in [-0.3, -0.25) is 9.80 Å². The Kier molecular flexibility index (Phi) is 4.91. The van der Waals surface area contributed by atoms with E-state index in [1.54, 1.807) is 7.11 Å². The Morgan fingerprint density at radius 1 is 1.00 bits per heavy atom. The van der Waals surface area contributed by atoms with E-state index in [2.05, 4.69) is 15.9 Å². The molecule has 148 valence electrons. The predicted octanol–water partition coefficient (Wildman–Crippen LogP) is 3.16. The van der Waals surface area contributed by atoms with Crippen LogP contribution in [0.3, 0.4) is 0 Å². The van der Waals surface area contributed by atoms with Crippen LogP contribution < -0.4 is 14.2 Å². The smallest absolute Gasteiger partial charge is 0.165 e. The third kappa shape index (κ3) is 3.64. The summed E-state index contributed by atoms with van der Waals surface area (Å²) in [5.41, 5.74) is 1.22. The van der Waals surface area contributed by atoms with Gasteiger partial charge in [0.15, 0.2) is 11.5 Å². The highest BCUT2D eigenvalue weighted by atomic mass is 16.6. The van der Waals surface area contributed by atoms with Crippen molar-refractivity contribution in [1.29, 1.82) is 0 Å². The van der Waals surface area contributed by atoms with Crippen LogP contribution in [0.1, 0.15) is 37.7 Å². The molecule has 0 amide bonds. The van der Waals surface area contributed by atoms with Gasteiger partial charge in [-0.05, 0) is 43.6 Å². The van der Waals surface area contributed by atoms with Gasteiger partial charge in [0.25, 0.3) is 0 Å². The average Bonchev–Trinajstić information content (AvgIpc) is 2.94. The largest absolute Gasteiger partial charge is 0.496 e. The monoisotopic (exact) mass is 372 g/mol. The van der Waals surface area contributed by atoms with E-state index < -0.39 is 0 Å². The molecule has 27 heavy (non-hydrogen) atoms. The van der Waals surface area contributed by atoms with E-state index in [1.165, 1.54) is 63.8 Å². The van der Waals surface area contributed by atoms with Crippen LogP contribution in [0.4, 0.5) is 0 Å². The predicted molar refractivity (Wildman–Crippen MR) is 105 cm³/mol. The third-order valence-corrected chi connectivity index (χ3v) is 6.96. The maximum absolute atomic E-state index is 5.80. The van der Waals surface area contributed by atoms with E-state index in [4.69, 9.17) is 14.2 Å². The Morgan fingerprint density at radius 3 is 2.56 bits per heavy atom. The quantitative estimate of drug-likeness (QED) is 0.793. The van der Waals surface area contributed by atoms with Gasteiger partial charge in [0.2, 0.25) is 0 Å². The van der Waals surface area contributed by atoms with Crippen LogP contribution >= 0.6 is 0 Å². The Balaban J connectivity index is 1.31. The highest BCUT2D eigenvalue weighted by Gasteiger charge is 2.36. The maximum atomic E-state index is 5.80. The second-order valence-electron chi connectivity index (χ2n) is 8.85.